The van der Waals surface area contributed by atoms with Crippen molar-refractivity contribution in [2.75, 3.05) is 27.2 Å². The fraction of sp³-hybridized carbons (Fsp3) is 0.462. The molecule has 0 radical (unpaired) electrons. The van der Waals surface area contributed by atoms with Crippen LogP contribution in [0.5, 0.6) is 5.75 Å². The maximum absolute atomic E-state index is 11.8. The van der Waals surface area contributed by atoms with Gasteiger partial charge in [-0.25, -0.2) is 0 Å². The lowest BCUT2D eigenvalue weighted by Crippen LogP contribution is -2.28. The Hall–Kier alpha value is -1.07. The number of carbonyl (C=O) groups is 1. The van der Waals surface area contributed by atoms with Crippen LogP contribution in [0, 0.1) is 0 Å². The molecule has 0 fully saturated rings. The monoisotopic (exact) mass is 314 g/mol. The van der Waals surface area contributed by atoms with Gasteiger partial charge in [-0.1, -0.05) is 15.9 Å². The molecule has 1 aromatic rings. The maximum atomic E-state index is 11.8. The van der Waals surface area contributed by atoms with Gasteiger partial charge in [0.25, 0.3) is 0 Å². The summed E-state index contributed by atoms with van der Waals surface area (Å²) in [5, 5.41) is 5.93. The fourth-order valence-electron chi connectivity index (χ4n) is 1.61. The zero-order chi connectivity index (χ0) is 13.4. The molecule has 0 aliphatic carbocycles. The number of nitrogens with one attached hydrogen (secondary N) is 2. The first-order valence-electron chi connectivity index (χ1n) is 5.91. The minimum atomic E-state index is 0.0162. The standard InChI is InChI=1S/C13H19BrN2O2/c1-15-6-3-7-16-13(17)9-10-8-11(14)4-5-12(10)18-2/h4-5,8,15H,3,6-7,9H2,1-2H3,(H,16,17). The molecule has 100 valence electrons. The molecule has 18 heavy (non-hydrogen) atoms. The van der Waals surface area contributed by atoms with Gasteiger partial charge in [-0.3, -0.25) is 4.79 Å². The van der Waals surface area contributed by atoms with E-state index in [1.165, 1.54) is 0 Å². The zero-order valence-corrected chi connectivity index (χ0v) is 12.3. The van der Waals surface area contributed by atoms with Crippen molar-refractivity contribution in [2.45, 2.75) is 12.8 Å². The van der Waals surface area contributed by atoms with Gasteiger partial charge in [-0.15, -0.1) is 0 Å². The second kappa shape index (κ2) is 8.11. The second-order valence-corrected chi connectivity index (χ2v) is 4.86. The van der Waals surface area contributed by atoms with Crippen molar-refractivity contribution < 1.29 is 9.53 Å². The molecule has 5 heteroatoms. The van der Waals surface area contributed by atoms with E-state index in [9.17, 15) is 4.79 Å². The lowest BCUT2D eigenvalue weighted by atomic mass is 10.1. The number of carbonyl (C=O) groups excluding carboxylic acids is 1. The third-order valence-electron chi connectivity index (χ3n) is 2.52. The highest BCUT2D eigenvalue weighted by molar-refractivity contribution is 9.10. The quantitative estimate of drug-likeness (QED) is 0.754. The van der Waals surface area contributed by atoms with E-state index in [1.54, 1.807) is 7.11 Å². The van der Waals surface area contributed by atoms with Crippen LogP contribution in [0.25, 0.3) is 0 Å². The normalized spacial score (nSPS) is 10.2. The van der Waals surface area contributed by atoms with E-state index in [2.05, 4.69) is 26.6 Å². The minimum Gasteiger partial charge on any atom is -0.496 e. The molecule has 0 saturated carbocycles. The van der Waals surface area contributed by atoms with Gasteiger partial charge in [-0.2, -0.15) is 0 Å². The maximum Gasteiger partial charge on any atom is 0.224 e. The van der Waals surface area contributed by atoms with E-state index in [-0.39, 0.29) is 5.91 Å². The molecule has 0 atom stereocenters. The van der Waals surface area contributed by atoms with E-state index in [0.29, 0.717) is 13.0 Å². The molecule has 0 spiro atoms. The number of ether oxygens (including phenoxy) is 1. The molecule has 4 nitrogen and oxygen atoms in total. The molecule has 0 aliphatic heterocycles. The van der Waals surface area contributed by atoms with Crippen LogP contribution in [0.15, 0.2) is 22.7 Å². The van der Waals surface area contributed by atoms with Crippen LogP contribution in [0.2, 0.25) is 0 Å². The molecular formula is C13H19BrN2O2. The first-order chi connectivity index (χ1) is 8.67. The van der Waals surface area contributed by atoms with Crippen molar-refractivity contribution in [1.29, 1.82) is 0 Å². The molecule has 2 N–H and O–H groups in total. The summed E-state index contributed by atoms with van der Waals surface area (Å²) in [5.41, 5.74) is 0.887. The molecule has 1 rings (SSSR count). The predicted octanol–water partition coefficient (Wildman–Crippen LogP) is 1.73. The van der Waals surface area contributed by atoms with Crippen LogP contribution < -0.4 is 15.4 Å². The van der Waals surface area contributed by atoms with Gasteiger partial charge >= 0.3 is 0 Å². The number of hydrogen-bond donors (Lipinski definition) is 2. The van der Waals surface area contributed by atoms with Gasteiger partial charge in [0.05, 0.1) is 13.5 Å². The van der Waals surface area contributed by atoms with Gasteiger partial charge in [0.2, 0.25) is 5.91 Å². The zero-order valence-electron chi connectivity index (χ0n) is 10.8. The molecule has 0 unspecified atom stereocenters. The summed E-state index contributed by atoms with van der Waals surface area (Å²) in [6.45, 7) is 1.59. The Morgan fingerprint density at radius 3 is 2.83 bits per heavy atom. The Morgan fingerprint density at radius 1 is 1.39 bits per heavy atom. The third-order valence-corrected chi connectivity index (χ3v) is 3.01. The molecule has 1 amide bonds. The molecule has 1 aromatic carbocycles. The Kier molecular flexibility index (Phi) is 6.75. The Bertz CT molecular complexity index is 397. The van der Waals surface area contributed by atoms with Gasteiger partial charge in [-0.05, 0) is 38.2 Å². The van der Waals surface area contributed by atoms with Crippen LogP contribution in [0.1, 0.15) is 12.0 Å². The third kappa shape index (κ3) is 5.06. The SMILES string of the molecule is CNCCCNC(=O)Cc1cc(Br)ccc1OC. The van der Waals surface area contributed by atoms with E-state index >= 15 is 0 Å². The van der Waals surface area contributed by atoms with E-state index in [1.807, 2.05) is 25.2 Å². The Morgan fingerprint density at radius 2 is 2.17 bits per heavy atom. The summed E-state index contributed by atoms with van der Waals surface area (Å²) < 4.78 is 6.18. The van der Waals surface area contributed by atoms with E-state index in [0.717, 1.165) is 28.8 Å². The lowest BCUT2D eigenvalue weighted by Gasteiger charge is -2.09. The summed E-state index contributed by atoms with van der Waals surface area (Å²) in [6, 6.07) is 5.66. The molecule has 0 aliphatic rings. The summed E-state index contributed by atoms with van der Waals surface area (Å²) in [6.07, 6.45) is 1.26. The van der Waals surface area contributed by atoms with E-state index < -0.39 is 0 Å². The number of benzene rings is 1. The largest absolute Gasteiger partial charge is 0.496 e. The van der Waals surface area contributed by atoms with Gasteiger partial charge in [0, 0.05) is 16.6 Å². The highest BCUT2D eigenvalue weighted by Gasteiger charge is 2.08. The predicted molar refractivity (Wildman–Crippen MR) is 76.0 cm³/mol. The van der Waals surface area contributed by atoms with Crippen LogP contribution in [0.4, 0.5) is 0 Å². The first kappa shape index (κ1) is 15.0. The van der Waals surface area contributed by atoms with Gasteiger partial charge in [0.15, 0.2) is 0 Å². The van der Waals surface area contributed by atoms with Crippen molar-refractivity contribution in [3.05, 3.63) is 28.2 Å². The molecule has 0 heterocycles. The van der Waals surface area contributed by atoms with Crippen LogP contribution >= 0.6 is 15.9 Å². The number of halogens is 1. The summed E-state index contributed by atoms with van der Waals surface area (Å²) in [4.78, 5) is 11.8. The number of amides is 1. The van der Waals surface area contributed by atoms with E-state index in [4.69, 9.17) is 4.74 Å². The summed E-state index contributed by atoms with van der Waals surface area (Å²) in [5.74, 6) is 0.756. The van der Waals surface area contributed by atoms with Gasteiger partial charge < -0.3 is 15.4 Å². The smallest absolute Gasteiger partial charge is 0.224 e. The highest BCUT2D eigenvalue weighted by Crippen LogP contribution is 2.23. The van der Waals surface area contributed by atoms with Crippen molar-refractivity contribution in [3.8, 4) is 5.75 Å². The Balaban J connectivity index is 2.50. The summed E-state index contributed by atoms with van der Waals surface area (Å²) in [7, 11) is 3.51. The molecule has 0 saturated heterocycles. The molecule has 0 bridgehead atoms. The number of hydrogen-bond acceptors (Lipinski definition) is 3. The number of rotatable bonds is 7. The molecule has 0 aromatic heterocycles. The lowest BCUT2D eigenvalue weighted by molar-refractivity contribution is -0.120. The van der Waals surface area contributed by atoms with Crippen molar-refractivity contribution in [1.82, 2.24) is 10.6 Å². The minimum absolute atomic E-state index is 0.0162. The second-order valence-electron chi connectivity index (χ2n) is 3.94. The van der Waals surface area contributed by atoms with Crippen molar-refractivity contribution >= 4 is 21.8 Å². The fourth-order valence-corrected chi connectivity index (χ4v) is 2.02. The van der Waals surface area contributed by atoms with Crippen molar-refractivity contribution in [2.24, 2.45) is 0 Å². The first-order valence-corrected chi connectivity index (χ1v) is 6.70. The van der Waals surface area contributed by atoms with Crippen LogP contribution in [-0.4, -0.2) is 33.2 Å². The average molecular weight is 315 g/mol. The van der Waals surface area contributed by atoms with Crippen molar-refractivity contribution in [3.63, 3.8) is 0 Å². The number of methoxy groups -OCH3 is 1. The van der Waals surface area contributed by atoms with Gasteiger partial charge in [0.1, 0.15) is 5.75 Å². The molecular weight excluding hydrogens is 296 g/mol. The summed E-state index contributed by atoms with van der Waals surface area (Å²) >= 11 is 3.39. The Labute approximate surface area is 116 Å². The highest BCUT2D eigenvalue weighted by atomic mass is 79.9. The topological polar surface area (TPSA) is 50.4 Å². The van der Waals surface area contributed by atoms with Crippen LogP contribution in [0.3, 0.4) is 0 Å². The average Bonchev–Trinajstić information content (AvgIpc) is 2.35. The van der Waals surface area contributed by atoms with Crippen LogP contribution in [-0.2, 0) is 11.2 Å².